The van der Waals surface area contributed by atoms with Gasteiger partial charge in [0.2, 0.25) is 15.8 Å². The number of carbonyl (C=O) groups is 1. The first-order valence-corrected chi connectivity index (χ1v) is 13.8. The third-order valence-electron chi connectivity index (χ3n) is 4.77. The van der Waals surface area contributed by atoms with Crippen molar-refractivity contribution in [1.29, 1.82) is 0 Å². The smallest absolute Gasteiger partial charge is 0.261 e. The van der Waals surface area contributed by atoms with Crippen molar-refractivity contribution in [2.75, 3.05) is 15.7 Å². The van der Waals surface area contributed by atoms with Crippen LogP contribution in [0.4, 0.5) is 11.4 Å². The van der Waals surface area contributed by atoms with E-state index in [9.17, 15) is 21.6 Å². The van der Waals surface area contributed by atoms with Crippen molar-refractivity contribution in [3.8, 4) is 0 Å². The lowest BCUT2D eigenvalue weighted by atomic mass is 9.87. The van der Waals surface area contributed by atoms with Gasteiger partial charge in [0, 0.05) is 17.4 Å². The summed E-state index contributed by atoms with van der Waals surface area (Å²) >= 11 is 6.03. The maximum absolute atomic E-state index is 13.2. The molecule has 3 aromatic rings. The highest BCUT2D eigenvalue weighted by atomic mass is 35.5. The van der Waals surface area contributed by atoms with Crippen LogP contribution in [0, 0.1) is 0 Å². The second-order valence-corrected chi connectivity index (χ2v) is 12.6. The quantitative estimate of drug-likeness (QED) is 0.443. The van der Waals surface area contributed by atoms with E-state index in [-0.39, 0.29) is 38.0 Å². The van der Waals surface area contributed by atoms with Gasteiger partial charge in [0.15, 0.2) is 0 Å². The molecule has 0 spiro atoms. The monoisotopic (exact) mass is 521 g/mol. The second kappa shape index (κ2) is 9.36. The summed E-state index contributed by atoms with van der Waals surface area (Å²) in [6, 6.07) is 13.5. The van der Waals surface area contributed by atoms with E-state index >= 15 is 0 Å². The van der Waals surface area contributed by atoms with Crippen molar-refractivity contribution in [2.24, 2.45) is 0 Å². The number of halogens is 1. The van der Waals surface area contributed by atoms with Gasteiger partial charge in [0.1, 0.15) is 5.69 Å². The fourth-order valence-electron chi connectivity index (χ4n) is 3.11. The molecule has 0 saturated carbocycles. The van der Waals surface area contributed by atoms with Gasteiger partial charge in [-0.15, -0.1) is 0 Å². The third kappa shape index (κ3) is 6.34. The molecular formula is C23H24ClN3O5S2. The summed E-state index contributed by atoms with van der Waals surface area (Å²) in [5, 5.41) is 0.129. The topological polar surface area (TPSA) is 122 Å². The fraction of sp³-hybridized carbons (Fsp3) is 0.217. The summed E-state index contributed by atoms with van der Waals surface area (Å²) < 4.78 is 53.8. The molecule has 0 aliphatic heterocycles. The number of benzene rings is 2. The van der Waals surface area contributed by atoms with E-state index in [2.05, 4.69) is 14.4 Å². The molecule has 2 aromatic carbocycles. The van der Waals surface area contributed by atoms with Gasteiger partial charge >= 0.3 is 0 Å². The highest BCUT2D eigenvalue weighted by molar-refractivity contribution is 7.92. The van der Waals surface area contributed by atoms with Gasteiger partial charge in [-0.05, 0) is 41.3 Å². The summed E-state index contributed by atoms with van der Waals surface area (Å²) in [6.07, 6.45) is 2.21. The summed E-state index contributed by atoms with van der Waals surface area (Å²) in [5.74, 6) is -0.616. The van der Waals surface area contributed by atoms with E-state index in [4.69, 9.17) is 11.6 Å². The highest BCUT2D eigenvalue weighted by Crippen LogP contribution is 2.27. The number of hydrogen-bond acceptors (Lipinski definition) is 6. The zero-order valence-corrected chi connectivity index (χ0v) is 21.3. The van der Waals surface area contributed by atoms with Crippen LogP contribution in [0.25, 0.3) is 0 Å². The van der Waals surface area contributed by atoms with Gasteiger partial charge in [-0.1, -0.05) is 56.6 Å². The van der Waals surface area contributed by atoms with Crippen molar-refractivity contribution in [2.45, 2.75) is 31.1 Å². The average molecular weight is 522 g/mol. The lowest BCUT2D eigenvalue weighted by molar-refractivity contribution is 0.103. The third-order valence-corrected chi connectivity index (χ3v) is 6.97. The number of nitrogens with zero attached hydrogens (tertiary/aromatic N) is 1. The largest absolute Gasteiger partial charge is 0.287 e. The number of hydrogen-bond donors (Lipinski definition) is 2. The van der Waals surface area contributed by atoms with Crippen LogP contribution in [-0.2, 0) is 25.5 Å². The number of ketones is 1. The Labute approximate surface area is 204 Å². The summed E-state index contributed by atoms with van der Waals surface area (Å²) in [6.45, 7) is 6.06. The average Bonchev–Trinajstić information content (AvgIpc) is 2.71. The van der Waals surface area contributed by atoms with E-state index in [1.807, 2.05) is 20.8 Å². The SMILES string of the molecule is CC(C)(C)c1ccc(S(=O)(=O)Nc2cc(Cl)cnc2C(=O)c2cccc(NS(C)(=O)=O)c2)cc1. The molecule has 0 saturated heterocycles. The molecule has 0 unspecified atom stereocenters. The molecule has 1 aromatic heterocycles. The van der Waals surface area contributed by atoms with Crippen LogP contribution >= 0.6 is 11.6 Å². The lowest BCUT2D eigenvalue weighted by Crippen LogP contribution is -2.18. The molecule has 0 aliphatic carbocycles. The van der Waals surface area contributed by atoms with Crippen LogP contribution in [-0.4, -0.2) is 33.9 Å². The Bertz CT molecular complexity index is 1450. The van der Waals surface area contributed by atoms with E-state index in [0.717, 1.165) is 11.8 Å². The molecule has 3 rings (SSSR count). The van der Waals surface area contributed by atoms with Crippen LogP contribution < -0.4 is 9.44 Å². The fourth-order valence-corrected chi connectivity index (χ4v) is 4.88. The predicted molar refractivity (Wildman–Crippen MR) is 134 cm³/mol. The van der Waals surface area contributed by atoms with Crippen molar-refractivity contribution in [3.63, 3.8) is 0 Å². The number of pyridine rings is 1. The van der Waals surface area contributed by atoms with Crippen molar-refractivity contribution < 1.29 is 21.6 Å². The lowest BCUT2D eigenvalue weighted by Gasteiger charge is -2.19. The predicted octanol–water partition coefficient (Wildman–Crippen LogP) is 4.44. The van der Waals surface area contributed by atoms with E-state index in [1.54, 1.807) is 12.1 Å². The van der Waals surface area contributed by atoms with Crippen LogP contribution in [0.3, 0.4) is 0 Å². The van der Waals surface area contributed by atoms with Crippen molar-refractivity contribution in [1.82, 2.24) is 4.98 Å². The maximum atomic E-state index is 13.2. The van der Waals surface area contributed by atoms with Gasteiger partial charge in [0.05, 0.1) is 21.9 Å². The first-order chi connectivity index (χ1) is 15.7. The molecule has 0 atom stereocenters. The Morgan fingerprint density at radius 1 is 0.941 bits per heavy atom. The Kier molecular flexibility index (Phi) is 7.07. The molecule has 0 radical (unpaired) electrons. The van der Waals surface area contributed by atoms with Gasteiger partial charge in [-0.25, -0.2) is 21.8 Å². The summed E-state index contributed by atoms with van der Waals surface area (Å²) in [5.41, 5.74) is 0.831. The second-order valence-electron chi connectivity index (χ2n) is 8.71. The first-order valence-electron chi connectivity index (χ1n) is 10.1. The Hall–Kier alpha value is -2.95. The molecular weight excluding hydrogens is 498 g/mol. The molecule has 34 heavy (non-hydrogen) atoms. The van der Waals surface area contributed by atoms with Crippen LogP contribution in [0.1, 0.15) is 42.4 Å². The first kappa shape index (κ1) is 25.7. The molecule has 0 fully saturated rings. The number of rotatable bonds is 7. The molecule has 11 heteroatoms. The Morgan fingerprint density at radius 2 is 1.59 bits per heavy atom. The van der Waals surface area contributed by atoms with E-state index in [1.165, 1.54) is 48.7 Å². The minimum absolute atomic E-state index is 0.0122. The van der Waals surface area contributed by atoms with Crippen LogP contribution in [0.5, 0.6) is 0 Å². The molecule has 0 aliphatic rings. The van der Waals surface area contributed by atoms with E-state index < -0.39 is 25.8 Å². The standard InChI is InChI=1S/C23H24ClN3O5S2/c1-23(2,3)16-8-10-19(11-9-16)34(31,32)27-20-13-17(24)14-25-21(20)22(28)15-6-5-7-18(12-15)26-33(4,29)30/h5-14,26-27H,1-4H3. The number of sulfonamides is 2. The van der Waals surface area contributed by atoms with Crippen molar-refractivity contribution >= 4 is 48.8 Å². The number of anilines is 2. The minimum Gasteiger partial charge on any atom is -0.287 e. The normalized spacial score (nSPS) is 12.3. The highest BCUT2D eigenvalue weighted by Gasteiger charge is 2.23. The minimum atomic E-state index is -4.06. The van der Waals surface area contributed by atoms with Crippen LogP contribution in [0.2, 0.25) is 5.02 Å². The molecule has 8 nitrogen and oxygen atoms in total. The van der Waals surface area contributed by atoms with Gasteiger partial charge in [-0.3, -0.25) is 14.2 Å². The van der Waals surface area contributed by atoms with Gasteiger partial charge in [-0.2, -0.15) is 0 Å². The maximum Gasteiger partial charge on any atom is 0.261 e. The van der Waals surface area contributed by atoms with Crippen LogP contribution in [0.15, 0.2) is 65.7 Å². The molecule has 2 N–H and O–H groups in total. The molecule has 1 heterocycles. The summed E-state index contributed by atoms with van der Waals surface area (Å²) in [7, 11) is -7.61. The Balaban J connectivity index is 1.97. The van der Waals surface area contributed by atoms with Gasteiger partial charge < -0.3 is 0 Å². The number of aromatic nitrogens is 1. The zero-order valence-electron chi connectivity index (χ0n) is 19.0. The molecule has 0 amide bonds. The van der Waals surface area contributed by atoms with E-state index in [0.29, 0.717) is 0 Å². The Morgan fingerprint density at radius 3 is 2.18 bits per heavy atom. The van der Waals surface area contributed by atoms with Crippen molar-refractivity contribution in [3.05, 3.63) is 82.6 Å². The molecule has 0 bridgehead atoms. The number of nitrogens with one attached hydrogen (secondary N) is 2. The zero-order chi connectivity index (χ0) is 25.3. The van der Waals surface area contributed by atoms with Gasteiger partial charge in [0.25, 0.3) is 10.0 Å². The molecule has 180 valence electrons. The summed E-state index contributed by atoms with van der Waals surface area (Å²) in [4.78, 5) is 17.2. The number of carbonyl (C=O) groups excluding carboxylic acids is 1.